The number of rotatable bonds is 6. The Bertz CT molecular complexity index is 447. The van der Waals surface area contributed by atoms with Gasteiger partial charge in [-0.25, -0.2) is 9.97 Å². The minimum Gasteiger partial charge on any atom is -0.356 e. The molecule has 0 spiro atoms. The summed E-state index contributed by atoms with van der Waals surface area (Å²) >= 11 is 1.63. The lowest BCUT2D eigenvalue weighted by molar-refractivity contribution is 0.764. The van der Waals surface area contributed by atoms with E-state index in [1.165, 1.54) is 12.8 Å². The normalized spacial score (nSPS) is 10.7. The Morgan fingerprint density at radius 1 is 1.47 bits per heavy atom. The van der Waals surface area contributed by atoms with E-state index in [0.29, 0.717) is 0 Å². The van der Waals surface area contributed by atoms with Crippen LogP contribution in [0.2, 0.25) is 0 Å². The molecule has 0 saturated carbocycles. The van der Waals surface area contributed by atoms with Crippen molar-refractivity contribution in [3.05, 3.63) is 28.5 Å². The zero-order valence-corrected chi connectivity index (χ0v) is 11.1. The lowest BCUT2D eigenvalue weighted by Crippen LogP contribution is -2.09. The number of nitrogens with zero attached hydrogens (tertiary/aromatic N) is 3. The van der Waals surface area contributed by atoms with Crippen LogP contribution >= 0.6 is 11.3 Å². The van der Waals surface area contributed by atoms with Gasteiger partial charge in [0, 0.05) is 18.1 Å². The zero-order chi connectivity index (χ0) is 12.1. The van der Waals surface area contributed by atoms with E-state index in [2.05, 4.69) is 38.4 Å². The van der Waals surface area contributed by atoms with Crippen LogP contribution in [0.15, 0.2) is 17.1 Å². The van der Waals surface area contributed by atoms with Crippen molar-refractivity contribution in [3.8, 4) is 0 Å². The Balaban J connectivity index is 2.05. The molecule has 0 radical (unpaired) electrons. The summed E-state index contributed by atoms with van der Waals surface area (Å²) in [6.45, 7) is 5.97. The molecule has 0 fully saturated rings. The molecule has 92 valence electrons. The first-order chi connectivity index (χ1) is 8.29. The first-order valence-corrected chi connectivity index (χ1v) is 6.88. The van der Waals surface area contributed by atoms with Gasteiger partial charge < -0.3 is 9.88 Å². The highest BCUT2D eigenvalue weighted by Crippen LogP contribution is 2.12. The van der Waals surface area contributed by atoms with Crippen LogP contribution < -0.4 is 5.32 Å². The van der Waals surface area contributed by atoms with Crippen LogP contribution in [-0.2, 0) is 6.54 Å². The molecule has 0 aliphatic heterocycles. The van der Waals surface area contributed by atoms with Gasteiger partial charge in [0.25, 0.3) is 0 Å². The summed E-state index contributed by atoms with van der Waals surface area (Å²) in [5.41, 5.74) is 3.99. The quantitative estimate of drug-likeness (QED) is 0.802. The van der Waals surface area contributed by atoms with Gasteiger partial charge in [0.05, 0.1) is 23.4 Å². The number of nitrogens with one attached hydrogen (secondary N) is 1. The number of thiazole rings is 1. The number of hydrogen-bond acceptors (Lipinski definition) is 4. The van der Waals surface area contributed by atoms with Crippen LogP contribution in [0, 0.1) is 6.92 Å². The van der Waals surface area contributed by atoms with E-state index in [0.717, 1.165) is 30.4 Å². The van der Waals surface area contributed by atoms with Crippen molar-refractivity contribution in [1.29, 1.82) is 0 Å². The van der Waals surface area contributed by atoms with Crippen molar-refractivity contribution >= 4 is 17.3 Å². The van der Waals surface area contributed by atoms with Gasteiger partial charge in [-0.05, 0) is 13.3 Å². The maximum absolute atomic E-state index is 4.49. The van der Waals surface area contributed by atoms with Gasteiger partial charge in [-0.15, -0.1) is 11.3 Å². The highest BCUT2D eigenvalue weighted by molar-refractivity contribution is 7.07. The summed E-state index contributed by atoms with van der Waals surface area (Å²) < 4.78 is 2.13. The summed E-state index contributed by atoms with van der Waals surface area (Å²) in [7, 11) is 0. The third-order valence-corrected chi connectivity index (χ3v) is 3.16. The number of hydrogen-bond donors (Lipinski definition) is 1. The second-order valence-electron chi connectivity index (χ2n) is 4.09. The molecule has 2 aromatic heterocycles. The number of aryl methyl sites for hydroxylation is 1. The van der Waals surface area contributed by atoms with Gasteiger partial charge in [0.2, 0.25) is 5.95 Å². The van der Waals surface area contributed by atoms with Gasteiger partial charge in [-0.2, -0.15) is 0 Å². The third-order valence-electron chi connectivity index (χ3n) is 2.53. The number of anilines is 1. The zero-order valence-electron chi connectivity index (χ0n) is 10.3. The molecule has 0 bridgehead atoms. The first-order valence-electron chi connectivity index (χ1n) is 5.94. The molecule has 0 saturated heterocycles. The average molecular weight is 250 g/mol. The van der Waals surface area contributed by atoms with Gasteiger partial charge in [-0.1, -0.05) is 13.3 Å². The summed E-state index contributed by atoms with van der Waals surface area (Å²) in [5, 5.41) is 5.45. The molecule has 2 heterocycles. The largest absolute Gasteiger partial charge is 0.356 e. The molecule has 0 atom stereocenters. The van der Waals surface area contributed by atoms with Crippen molar-refractivity contribution in [2.75, 3.05) is 11.9 Å². The third kappa shape index (κ3) is 3.30. The molecule has 1 N–H and O–H groups in total. The molecule has 5 heteroatoms. The summed E-state index contributed by atoms with van der Waals surface area (Å²) in [6.07, 6.45) is 4.43. The van der Waals surface area contributed by atoms with Crippen molar-refractivity contribution < 1.29 is 0 Å². The lowest BCUT2D eigenvalue weighted by atomic mass is 10.3. The van der Waals surface area contributed by atoms with Crippen molar-refractivity contribution in [1.82, 2.24) is 14.5 Å². The fourth-order valence-corrected chi connectivity index (χ4v) is 2.23. The molecular formula is C12H18N4S. The Kier molecular flexibility index (Phi) is 4.14. The van der Waals surface area contributed by atoms with Gasteiger partial charge in [0.1, 0.15) is 0 Å². The van der Waals surface area contributed by atoms with Crippen molar-refractivity contribution in [2.45, 2.75) is 33.2 Å². The van der Waals surface area contributed by atoms with Crippen LogP contribution in [0.4, 0.5) is 5.95 Å². The van der Waals surface area contributed by atoms with Crippen LogP contribution in [-0.4, -0.2) is 21.1 Å². The molecule has 4 nitrogen and oxygen atoms in total. The Morgan fingerprint density at radius 3 is 3.06 bits per heavy atom. The van der Waals surface area contributed by atoms with Crippen molar-refractivity contribution in [2.24, 2.45) is 0 Å². The molecule has 0 aromatic carbocycles. The lowest BCUT2D eigenvalue weighted by Gasteiger charge is -2.07. The number of unbranched alkanes of at least 4 members (excludes halogenated alkanes) is 1. The van der Waals surface area contributed by atoms with E-state index < -0.39 is 0 Å². The Morgan fingerprint density at radius 2 is 2.35 bits per heavy atom. The van der Waals surface area contributed by atoms with Crippen LogP contribution in [0.1, 0.15) is 31.2 Å². The minimum atomic E-state index is 0.790. The predicted octanol–water partition coefficient (Wildman–Crippen LogP) is 2.91. The molecule has 0 aliphatic rings. The second-order valence-corrected chi connectivity index (χ2v) is 4.81. The fourth-order valence-electron chi connectivity index (χ4n) is 1.68. The smallest absolute Gasteiger partial charge is 0.203 e. The minimum absolute atomic E-state index is 0.790. The molecule has 17 heavy (non-hydrogen) atoms. The van der Waals surface area contributed by atoms with Gasteiger partial charge >= 0.3 is 0 Å². The molecule has 2 rings (SSSR count). The molecule has 0 amide bonds. The predicted molar refractivity (Wildman–Crippen MR) is 71.6 cm³/mol. The van der Waals surface area contributed by atoms with E-state index in [1.54, 1.807) is 11.3 Å². The van der Waals surface area contributed by atoms with E-state index in [9.17, 15) is 0 Å². The second kappa shape index (κ2) is 5.82. The van der Waals surface area contributed by atoms with Crippen molar-refractivity contribution in [3.63, 3.8) is 0 Å². The number of aromatic nitrogens is 3. The van der Waals surface area contributed by atoms with E-state index in [-0.39, 0.29) is 0 Å². The summed E-state index contributed by atoms with van der Waals surface area (Å²) in [6, 6.07) is 0. The standard InChI is InChI=1S/C12H18N4S/c1-3-4-5-13-12-15-10(2)6-16(12)7-11-8-17-9-14-11/h6,8-9H,3-5,7H2,1-2H3,(H,13,15). The summed E-state index contributed by atoms with van der Waals surface area (Å²) in [5.74, 6) is 0.948. The van der Waals surface area contributed by atoms with Gasteiger partial charge in [-0.3, -0.25) is 0 Å². The van der Waals surface area contributed by atoms with E-state index >= 15 is 0 Å². The molecule has 2 aromatic rings. The first kappa shape index (κ1) is 12.1. The SMILES string of the molecule is CCCCNc1nc(C)cn1Cc1cscn1. The molecular weight excluding hydrogens is 232 g/mol. The fraction of sp³-hybridized carbons (Fsp3) is 0.500. The van der Waals surface area contributed by atoms with Crippen LogP contribution in [0.5, 0.6) is 0 Å². The highest BCUT2D eigenvalue weighted by Gasteiger charge is 2.06. The monoisotopic (exact) mass is 250 g/mol. The van der Waals surface area contributed by atoms with Crippen LogP contribution in [0.25, 0.3) is 0 Å². The summed E-state index contributed by atoms with van der Waals surface area (Å²) in [4.78, 5) is 8.79. The molecule has 0 aliphatic carbocycles. The van der Waals surface area contributed by atoms with Crippen LogP contribution in [0.3, 0.4) is 0 Å². The Hall–Kier alpha value is -1.36. The number of imidazole rings is 1. The van der Waals surface area contributed by atoms with Gasteiger partial charge in [0.15, 0.2) is 0 Å². The maximum atomic E-state index is 4.49. The Labute approximate surface area is 106 Å². The highest BCUT2D eigenvalue weighted by atomic mass is 32.1. The maximum Gasteiger partial charge on any atom is 0.203 e. The average Bonchev–Trinajstić information content (AvgIpc) is 2.90. The van der Waals surface area contributed by atoms with E-state index in [4.69, 9.17) is 0 Å². The topological polar surface area (TPSA) is 42.7 Å². The van der Waals surface area contributed by atoms with E-state index in [1.807, 2.05) is 12.4 Å². The molecule has 0 unspecified atom stereocenters.